The first kappa shape index (κ1) is 24.6. The van der Waals surface area contributed by atoms with Gasteiger partial charge in [-0.25, -0.2) is 21.5 Å². The van der Waals surface area contributed by atoms with Crippen LogP contribution in [0, 0.1) is 11.6 Å². The Morgan fingerprint density at radius 1 is 1.03 bits per heavy atom. The van der Waals surface area contributed by atoms with Crippen LogP contribution in [-0.2, 0) is 14.8 Å². The molecule has 7 nitrogen and oxygen atoms in total. The minimum atomic E-state index is -4.69. The van der Waals surface area contributed by atoms with Crippen LogP contribution < -0.4 is 5.32 Å². The monoisotopic (exact) mass is 538 g/mol. The number of carbonyl (C=O) groups is 2. The first-order valence-electron chi connectivity index (χ1n) is 9.80. The van der Waals surface area contributed by atoms with Crippen LogP contribution >= 0.6 is 23.2 Å². The van der Waals surface area contributed by atoms with Crippen LogP contribution in [0.1, 0.15) is 15.9 Å². The summed E-state index contributed by atoms with van der Waals surface area (Å²) in [4.78, 5) is 25.3. The minimum Gasteiger partial charge on any atom is -0.505 e. The summed E-state index contributed by atoms with van der Waals surface area (Å²) in [7, 11) is -4.69. The number of fused-ring (bicyclic) bond motifs is 1. The molecule has 0 radical (unpaired) electrons. The van der Waals surface area contributed by atoms with E-state index in [2.05, 4.69) is 5.32 Å². The zero-order valence-corrected chi connectivity index (χ0v) is 19.8. The molecule has 35 heavy (non-hydrogen) atoms. The van der Waals surface area contributed by atoms with Gasteiger partial charge in [0.05, 0.1) is 5.02 Å². The Morgan fingerprint density at radius 3 is 2.46 bits per heavy atom. The predicted molar refractivity (Wildman–Crippen MR) is 126 cm³/mol. The van der Waals surface area contributed by atoms with Crippen molar-refractivity contribution in [1.82, 2.24) is 4.31 Å². The fraction of sp³-hybridized carbons (Fsp3) is 0.0435. The number of hydrogen-bond donors (Lipinski definition) is 2. The van der Waals surface area contributed by atoms with E-state index in [1.165, 1.54) is 12.1 Å². The Morgan fingerprint density at radius 2 is 1.77 bits per heavy atom. The third kappa shape index (κ3) is 4.72. The molecule has 1 heterocycles. The van der Waals surface area contributed by atoms with Crippen molar-refractivity contribution in [2.75, 3.05) is 11.9 Å². The summed E-state index contributed by atoms with van der Waals surface area (Å²) in [5.74, 6) is -4.49. The van der Waals surface area contributed by atoms with E-state index in [-0.39, 0.29) is 11.3 Å². The SMILES string of the molecule is O=C(CN1C(=C(O)c2ccc(F)c(Cl)c2)C(=O)c2ccc(F)cc2S1(=O)=O)Nc1cccc(Cl)c1. The van der Waals surface area contributed by atoms with Gasteiger partial charge in [0, 0.05) is 21.8 Å². The van der Waals surface area contributed by atoms with Crippen molar-refractivity contribution in [2.24, 2.45) is 0 Å². The van der Waals surface area contributed by atoms with Crippen molar-refractivity contribution in [3.8, 4) is 0 Å². The van der Waals surface area contributed by atoms with Crippen LogP contribution in [0.25, 0.3) is 5.76 Å². The average Bonchev–Trinajstić information content (AvgIpc) is 2.79. The number of nitrogens with zero attached hydrogens (tertiary/aromatic N) is 1. The number of ketones is 1. The van der Waals surface area contributed by atoms with Crippen molar-refractivity contribution in [1.29, 1.82) is 0 Å². The maximum Gasteiger partial charge on any atom is 0.265 e. The molecule has 0 aliphatic carbocycles. The van der Waals surface area contributed by atoms with Crippen molar-refractivity contribution in [2.45, 2.75) is 4.90 Å². The molecular weight excluding hydrogens is 525 g/mol. The number of carbonyl (C=O) groups excluding carboxylic acids is 2. The van der Waals surface area contributed by atoms with Gasteiger partial charge >= 0.3 is 0 Å². The van der Waals surface area contributed by atoms with Gasteiger partial charge in [-0.1, -0.05) is 29.3 Å². The molecule has 0 unspecified atom stereocenters. The van der Waals surface area contributed by atoms with Gasteiger partial charge in [-0.15, -0.1) is 0 Å². The van der Waals surface area contributed by atoms with Crippen molar-refractivity contribution < 1.29 is 31.9 Å². The lowest BCUT2D eigenvalue weighted by molar-refractivity contribution is -0.116. The molecule has 180 valence electrons. The van der Waals surface area contributed by atoms with E-state index >= 15 is 0 Å². The lowest BCUT2D eigenvalue weighted by atomic mass is 10.0. The second-order valence-corrected chi connectivity index (χ2v) is 10.0. The Hall–Kier alpha value is -3.47. The predicted octanol–water partition coefficient (Wildman–Crippen LogP) is 5.02. The number of rotatable bonds is 4. The lowest BCUT2D eigenvalue weighted by Crippen LogP contribution is -2.44. The van der Waals surface area contributed by atoms with E-state index in [0.717, 1.165) is 30.3 Å². The number of benzene rings is 3. The highest BCUT2D eigenvalue weighted by Gasteiger charge is 2.43. The quantitative estimate of drug-likeness (QED) is 0.358. The Kier molecular flexibility index (Phi) is 6.54. The smallest absolute Gasteiger partial charge is 0.265 e. The summed E-state index contributed by atoms with van der Waals surface area (Å²) >= 11 is 11.7. The molecule has 12 heteroatoms. The normalized spacial score (nSPS) is 16.0. The highest BCUT2D eigenvalue weighted by molar-refractivity contribution is 7.89. The van der Waals surface area contributed by atoms with Crippen LogP contribution in [0.15, 0.2) is 71.3 Å². The van der Waals surface area contributed by atoms with Gasteiger partial charge in [-0.05, 0) is 54.6 Å². The second kappa shape index (κ2) is 9.29. The first-order valence-corrected chi connectivity index (χ1v) is 12.0. The first-order chi connectivity index (χ1) is 16.5. The van der Waals surface area contributed by atoms with Crippen molar-refractivity contribution in [3.05, 3.63) is 99.2 Å². The molecule has 3 aromatic carbocycles. The number of anilines is 1. The van der Waals surface area contributed by atoms with E-state index in [9.17, 15) is 31.9 Å². The average molecular weight is 539 g/mol. The Balaban J connectivity index is 1.86. The van der Waals surface area contributed by atoms with Gasteiger partial charge in [0.1, 0.15) is 28.8 Å². The second-order valence-electron chi connectivity index (χ2n) is 7.37. The van der Waals surface area contributed by atoms with Gasteiger partial charge in [0.25, 0.3) is 10.0 Å². The molecule has 4 rings (SSSR count). The van der Waals surface area contributed by atoms with Crippen LogP contribution in [-0.4, -0.2) is 36.1 Å². The summed E-state index contributed by atoms with van der Waals surface area (Å²) in [6.07, 6.45) is 0. The zero-order chi connectivity index (χ0) is 25.5. The van der Waals surface area contributed by atoms with Crippen LogP contribution in [0.3, 0.4) is 0 Å². The topological polar surface area (TPSA) is 104 Å². The third-order valence-electron chi connectivity index (χ3n) is 5.03. The van der Waals surface area contributed by atoms with Crippen LogP contribution in [0.5, 0.6) is 0 Å². The van der Waals surface area contributed by atoms with Gasteiger partial charge in [-0.3, -0.25) is 9.59 Å². The summed E-state index contributed by atoms with van der Waals surface area (Å²) in [6, 6.07) is 11.5. The number of nitrogens with one attached hydrogen (secondary N) is 1. The van der Waals surface area contributed by atoms with Crippen LogP contribution in [0.4, 0.5) is 14.5 Å². The number of aliphatic hydroxyl groups is 1. The lowest BCUT2D eigenvalue weighted by Gasteiger charge is -2.31. The van der Waals surface area contributed by atoms with Crippen molar-refractivity contribution in [3.63, 3.8) is 0 Å². The van der Waals surface area contributed by atoms with E-state index in [0.29, 0.717) is 15.4 Å². The van der Waals surface area contributed by atoms with Gasteiger partial charge in [-0.2, -0.15) is 0 Å². The number of sulfonamides is 1. The van der Waals surface area contributed by atoms with Gasteiger partial charge < -0.3 is 10.4 Å². The van der Waals surface area contributed by atoms with E-state index < -0.39 is 66.8 Å². The van der Waals surface area contributed by atoms with Gasteiger partial charge in [0.15, 0.2) is 5.76 Å². The molecule has 0 bridgehead atoms. The summed E-state index contributed by atoms with van der Waals surface area (Å²) < 4.78 is 54.6. The minimum absolute atomic E-state index is 0.180. The number of allylic oxidation sites excluding steroid dienone is 1. The highest BCUT2D eigenvalue weighted by Crippen LogP contribution is 2.36. The number of halogens is 4. The summed E-state index contributed by atoms with van der Waals surface area (Å²) in [5.41, 5.74) is -1.13. The third-order valence-corrected chi connectivity index (χ3v) is 7.34. The fourth-order valence-electron chi connectivity index (χ4n) is 3.44. The Bertz CT molecular complexity index is 1530. The number of hydrogen-bond acceptors (Lipinski definition) is 5. The molecule has 1 aliphatic rings. The highest BCUT2D eigenvalue weighted by atomic mass is 35.5. The van der Waals surface area contributed by atoms with Gasteiger partial charge in [0.2, 0.25) is 11.7 Å². The van der Waals surface area contributed by atoms with E-state index in [1.54, 1.807) is 12.1 Å². The summed E-state index contributed by atoms with van der Waals surface area (Å²) in [6.45, 7) is -0.954. The Labute approximate surface area is 208 Å². The molecule has 0 spiro atoms. The molecular formula is C23H14Cl2F2N2O5S. The number of amides is 1. The molecule has 0 aromatic heterocycles. The molecule has 0 fully saturated rings. The van der Waals surface area contributed by atoms with E-state index in [1.807, 2.05) is 0 Å². The summed E-state index contributed by atoms with van der Waals surface area (Å²) in [5, 5.41) is 13.3. The maximum absolute atomic E-state index is 13.9. The molecule has 1 aliphatic heterocycles. The molecule has 3 aromatic rings. The van der Waals surface area contributed by atoms with E-state index in [4.69, 9.17) is 23.2 Å². The number of Topliss-reactive ketones (excluding diaryl/α,β-unsaturated/α-hetero) is 1. The standard InChI is InChI=1S/C23H14Cl2F2N2O5S/c24-13-2-1-3-15(9-13)28-20(30)11-29-21(22(31)12-4-7-18(27)17(25)8-12)23(32)16-6-5-14(26)10-19(16)35(29,33)34/h1-10,31H,11H2,(H,28,30). The fourth-order valence-corrected chi connectivity index (χ4v) is 5.45. The van der Waals surface area contributed by atoms with Crippen LogP contribution in [0.2, 0.25) is 10.0 Å². The maximum atomic E-state index is 13.9. The molecule has 1 amide bonds. The largest absolute Gasteiger partial charge is 0.505 e. The molecule has 2 N–H and O–H groups in total. The van der Waals surface area contributed by atoms with Crippen molar-refractivity contribution >= 4 is 56.4 Å². The molecule has 0 saturated carbocycles. The molecule has 0 saturated heterocycles. The zero-order valence-electron chi connectivity index (χ0n) is 17.4. The molecule has 0 atom stereocenters. The number of aliphatic hydroxyl groups excluding tert-OH is 1.